The number of fused-ring (bicyclic) bond motifs is 1. The largest absolute Gasteiger partial charge is 0.370 e. The monoisotopic (exact) mass is 300 g/mol. The minimum atomic E-state index is -0.0472. The highest BCUT2D eigenvalue weighted by Crippen LogP contribution is 2.38. The van der Waals surface area contributed by atoms with Crippen LogP contribution in [0.15, 0.2) is 24.3 Å². The van der Waals surface area contributed by atoms with Crippen molar-refractivity contribution in [2.24, 2.45) is 5.73 Å². The van der Waals surface area contributed by atoms with Crippen molar-refractivity contribution < 1.29 is 0 Å². The number of aromatic nitrogens is 1. The SMILES string of the molecule is CCc1ccccc1[C@@H]1CCc2nc(NC(=N)N)sc2C1. The van der Waals surface area contributed by atoms with Crippen molar-refractivity contribution in [3.63, 3.8) is 0 Å². The van der Waals surface area contributed by atoms with Crippen LogP contribution >= 0.6 is 11.3 Å². The Morgan fingerprint density at radius 2 is 2.29 bits per heavy atom. The van der Waals surface area contributed by atoms with E-state index in [1.807, 2.05) is 0 Å². The summed E-state index contributed by atoms with van der Waals surface area (Å²) < 4.78 is 0. The lowest BCUT2D eigenvalue weighted by atomic mass is 9.83. The molecular weight excluding hydrogens is 280 g/mol. The van der Waals surface area contributed by atoms with Crippen molar-refractivity contribution in [1.29, 1.82) is 5.41 Å². The average molecular weight is 300 g/mol. The lowest BCUT2D eigenvalue weighted by Gasteiger charge is -2.23. The van der Waals surface area contributed by atoms with Gasteiger partial charge in [0.05, 0.1) is 5.69 Å². The van der Waals surface area contributed by atoms with Gasteiger partial charge in [0.25, 0.3) is 0 Å². The van der Waals surface area contributed by atoms with Crippen LogP contribution in [0.1, 0.15) is 41.0 Å². The molecule has 3 rings (SSSR count). The maximum Gasteiger partial charge on any atom is 0.192 e. The first-order valence-corrected chi connectivity index (χ1v) is 8.16. The fourth-order valence-electron chi connectivity index (χ4n) is 3.06. The Morgan fingerprint density at radius 3 is 3.05 bits per heavy atom. The van der Waals surface area contributed by atoms with Gasteiger partial charge in [0.2, 0.25) is 0 Å². The number of hydrogen-bond donors (Lipinski definition) is 3. The number of benzene rings is 1. The summed E-state index contributed by atoms with van der Waals surface area (Å²) in [6.45, 7) is 2.22. The van der Waals surface area contributed by atoms with Crippen LogP contribution in [0.3, 0.4) is 0 Å². The molecule has 1 aliphatic carbocycles. The van der Waals surface area contributed by atoms with Gasteiger partial charge in [-0.25, -0.2) is 4.98 Å². The summed E-state index contributed by atoms with van der Waals surface area (Å²) in [5.41, 5.74) is 9.49. The smallest absolute Gasteiger partial charge is 0.192 e. The number of aryl methyl sites for hydroxylation is 2. The number of nitrogens with zero attached hydrogens (tertiary/aromatic N) is 1. The topological polar surface area (TPSA) is 74.8 Å². The molecular formula is C16H20N4S. The zero-order valence-electron chi connectivity index (χ0n) is 12.1. The number of nitrogens with one attached hydrogen (secondary N) is 2. The van der Waals surface area contributed by atoms with Gasteiger partial charge in [-0.3, -0.25) is 5.41 Å². The molecule has 1 aromatic carbocycles. The lowest BCUT2D eigenvalue weighted by Crippen LogP contribution is -2.20. The van der Waals surface area contributed by atoms with E-state index in [0.29, 0.717) is 5.92 Å². The molecule has 21 heavy (non-hydrogen) atoms. The predicted molar refractivity (Wildman–Crippen MR) is 88.2 cm³/mol. The molecule has 4 nitrogen and oxygen atoms in total. The fraction of sp³-hybridized carbons (Fsp3) is 0.375. The van der Waals surface area contributed by atoms with Crippen LogP contribution in [-0.4, -0.2) is 10.9 Å². The van der Waals surface area contributed by atoms with Crippen molar-refractivity contribution in [3.8, 4) is 0 Å². The van der Waals surface area contributed by atoms with Gasteiger partial charge >= 0.3 is 0 Å². The minimum Gasteiger partial charge on any atom is -0.370 e. The standard InChI is InChI=1S/C16H20N4S/c1-2-10-5-3-4-6-12(10)11-7-8-13-14(9-11)21-16(19-13)20-15(17)18/h3-6,11H,2,7-9H2,1H3,(H4,17,18,19,20)/t11-/m1/s1. The van der Waals surface area contributed by atoms with Crippen LogP contribution in [0.25, 0.3) is 0 Å². The molecule has 0 radical (unpaired) electrons. The summed E-state index contributed by atoms with van der Waals surface area (Å²) in [4.78, 5) is 5.88. The van der Waals surface area contributed by atoms with Gasteiger partial charge in [-0.15, -0.1) is 11.3 Å². The molecule has 1 aliphatic rings. The molecule has 0 saturated heterocycles. The zero-order chi connectivity index (χ0) is 14.8. The Bertz CT molecular complexity index is 662. The second-order valence-electron chi connectivity index (χ2n) is 5.42. The van der Waals surface area contributed by atoms with E-state index in [4.69, 9.17) is 11.1 Å². The molecule has 110 valence electrons. The van der Waals surface area contributed by atoms with E-state index >= 15 is 0 Å². The number of rotatable bonds is 3. The molecule has 0 aliphatic heterocycles. The van der Waals surface area contributed by atoms with E-state index in [-0.39, 0.29) is 5.96 Å². The van der Waals surface area contributed by atoms with E-state index in [0.717, 1.165) is 30.8 Å². The summed E-state index contributed by atoms with van der Waals surface area (Å²) in [7, 11) is 0. The quantitative estimate of drug-likeness (QED) is 0.601. The van der Waals surface area contributed by atoms with E-state index in [2.05, 4.69) is 41.5 Å². The van der Waals surface area contributed by atoms with Crippen molar-refractivity contribution in [2.45, 2.75) is 38.5 Å². The molecule has 1 aromatic heterocycles. The van der Waals surface area contributed by atoms with Crippen molar-refractivity contribution in [3.05, 3.63) is 46.0 Å². The molecule has 0 unspecified atom stereocenters. The Kier molecular flexibility index (Phi) is 3.92. The summed E-state index contributed by atoms with van der Waals surface area (Å²) in [6, 6.07) is 8.77. The van der Waals surface area contributed by atoms with E-state index in [1.54, 1.807) is 11.3 Å². The Hall–Kier alpha value is -1.88. The highest BCUT2D eigenvalue weighted by Gasteiger charge is 2.25. The number of hydrogen-bond acceptors (Lipinski definition) is 3. The van der Waals surface area contributed by atoms with E-state index in [9.17, 15) is 0 Å². The molecule has 0 saturated carbocycles. The molecule has 0 spiro atoms. The van der Waals surface area contributed by atoms with Crippen molar-refractivity contribution >= 4 is 22.4 Å². The van der Waals surface area contributed by atoms with Crippen LogP contribution in [0.4, 0.5) is 5.13 Å². The summed E-state index contributed by atoms with van der Waals surface area (Å²) >= 11 is 1.63. The summed E-state index contributed by atoms with van der Waals surface area (Å²) in [6.07, 6.45) is 4.28. The molecule has 2 aromatic rings. The molecule has 5 heteroatoms. The minimum absolute atomic E-state index is 0.0472. The third-order valence-electron chi connectivity index (χ3n) is 4.06. The Labute approximate surface area is 128 Å². The molecule has 0 amide bonds. The maximum atomic E-state index is 7.30. The third-order valence-corrected chi connectivity index (χ3v) is 5.09. The molecule has 4 N–H and O–H groups in total. The van der Waals surface area contributed by atoms with E-state index < -0.39 is 0 Å². The number of thiazole rings is 1. The van der Waals surface area contributed by atoms with E-state index in [1.165, 1.54) is 21.7 Å². The van der Waals surface area contributed by atoms with Crippen LogP contribution in [0.5, 0.6) is 0 Å². The van der Waals surface area contributed by atoms with Gasteiger partial charge in [0, 0.05) is 4.88 Å². The van der Waals surface area contributed by atoms with Crippen molar-refractivity contribution in [1.82, 2.24) is 4.98 Å². The third kappa shape index (κ3) is 2.93. The first-order chi connectivity index (χ1) is 10.2. The maximum absolute atomic E-state index is 7.30. The van der Waals surface area contributed by atoms with Gasteiger partial charge in [-0.05, 0) is 42.7 Å². The highest BCUT2D eigenvalue weighted by molar-refractivity contribution is 7.15. The van der Waals surface area contributed by atoms with Gasteiger partial charge in [0.15, 0.2) is 11.1 Å². The van der Waals surface area contributed by atoms with Gasteiger partial charge in [-0.1, -0.05) is 31.2 Å². The van der Waals surface area contributed by atoms with Crippen molar-refractivity contribution in [2.75, 3.05) is 5.32 Å². The lowest BCUT2D eigenvalue weighted by molar-refractivity contribution is 0.580. The fourth-order valence-corrected chi connectivity index (χ4v) is 4.16. The molecule has 0 bridgehead atoms. The molecule has 1 atom stereocenters. The Morgan fingerprint density at radius 1 is 1.48 bits per heavy atom. The molecule has 0 fully saturated rings. The van der Waals surface area contributed by atoms with Gasteiger partial charge in [-0.2, -0.15) is 0 Å². The summed E-state index contributed by atoms with van der Waals surface area (Å²) in [5.74, 6) is 0.535. The highest BCUT2D eigenvalue weighted by atomic mass is 32.1. The number of nitrogens with two attached hydrogens (primary N) is 1. The number of anilines is 1. The second-order valence-corrected chi connectivity index (χ2v) is 6.50. The summed E-state index contributed by atoms with van der Waals surface area (Å²) in [5, 5.41) is 10.9. The Balaban J connectivity index is 1.84. The second kappa shape index (κ2) is 5.85. The normalized spacial score (nSPS) is 17.3. The van der Waals surface area contributed by atoms with Crippen LogP contribution in [0.2, 0.25) is 0 Å². The van der Waals surface area contributed by atoms with Gasteiger partial charge < -0.3 is 11.1 Å². The zero-order valence-corrected chi connectivity index (χ0v) is 13.0. The number of guanidine groups is 1. The predicted octanol–water partition coefficient (Wildman–Crippen LogP) is 3.28. The first kappa shape index (κ1) is 14.1. The van der Waals surface area contributed by atoms with Gasteiger partial charge in [0.1, 0.15) is 0 Å². The first-order valence-electron chi connectivity index (χ1n) is 7.34. The van der Waals surface area contributed by atoms with Crippen LogP contribution < -0.4 is 11.1 Å². The van der Waals surface area contributed by atoms with Crippen LogP contribution in [-0.2, 0) is 19.3 Å². The molecule has 1 heterocycles. The average Bonchev–Trinajstić information content (AvgIpc) is 2.87. The van der Waals surface area contributed by atoms with Crippen LogP contribution in [0, 0.1) is 5.41 Å².